The first-order chi connectivity index (χ1) is 10.2. The first-order valence-electron chi connectivity index (χ1n) is 5.48. The van der Waals surface area contributed by atoms with Gasteiger partial charge in [-0.1, -0.05) is 0 Å². The van der Waals surface area contributed by atoms with E-state index >= 15 is 0 Å². The summed E-state index contributed by atoms with van der Waals surface area (Å²) in [7, 11) is 0. The van der Waals surface area contributed by atoms with Crippen molar-refractivity contribution >= 4 is 34.4 Å². The van der Waals surface area contributed by atoms with Crippen LogP contribution >= 0.6 is 11.8 Å². The van der Waals surface area contributed by atoms with Gasteiger partial charge < -0.3 is 10.4 Å². The molecule has 0 atom stereocenters. The molecule has 0 aromatic carbocycles. The molecule has 0 fully saturated rings. The fraction of sp³-hybridized carbons (Fsp3) is 0. The molecule has 3 heterocycles. The van der Waals surface area contributed by atoms with Crippen LogP contribution in [0.3, 0.4) is 0 Å². The van der Waals surface area contributed by atoms with E-state index in [-0.39, 0.29) is 16.5 Å². The molecule has 21 heavy (non-hydrogen) atoms. The summed E-state index contributed by atoms with van der Waals surface area (Å²) in [5.74, 6) is 5.15. The van der Waals surface area contributed by atoms with Gasteiger partial charge in [0.1, 0.15) is 23.2 Å². The van der Waals surface area contributed by atoms with Crippen LogP contribution in [0.25, 0.3) is 11.2 Å². The second-order valence-corrected chi connectivity index (χ2v) is 4.64. The highest BCUT2D eigenvalue weighted by atomic mass is 32.2. The van der Waals surface area contributed by atoms with Crippen molar-refractivity contribution < 1.29 is 4.92 Å². The Morgan fingerprint density at radius 1 is 1.19 bits per heavy atom. The van der Waals surface area contributed by atoms with Gasteiger partial charge in [0.15, 0.2) is 10.7 Å². The number of anilines is 1. The Hall–Kier alpha value is -2.86. The Kier molecular flexibility index (Phi) is 3.29. The van der Waals surface area contributed by atoms with Crippen LogP contribution in [0.15, 0.2) is 29.0 Å². The maximum Gasteiger partial charge on any atom is 0.344 e. The van der Waals surface area contributed by atoms with Gasteiger partial charge in [0, 0.05) is 0 Å². The summed E-state index contributed by atoms with van der Waals surface area (Å²) < 4.78 is 0. The first-order valence-corrected chi connectivity index (χ1v) is 6.30. The molecule has 0 aliphatic heterocycles. The van der Waals surface area contributed by atoms with Gasteiger partial charge in [-0.05, 0) is 11.8 Å². The van der Waals surface area contributed by atoms with Crippen LogP contribution in [-0.2, 0) is 0 Å². The topological polar surface area (TPSA) is 161 Å². The first kappa shape index (κ1) is 13.1. The van der Waals surface area contributed by atoms with Crippen LogP contribution in [0.1, 0.15) is 0 Å². The summed E-state index contributed by atoms with van der Waals surface area (Å²) in [4.78, 5) is 33.1. The number of H-pyrrole nitrogens is 1. The molecule has 4 N–H and O–H groups in total. The second kappa shape index (κ2) is 5.26. The van der Waals surface area contributed by atoms with E-state index in [1.165, 1.54) is 19.0 Å². The number of nitro groups is 1. The number of nitrogen functional groups attached to an aromatic ring is 1. The SMILES string of the molecule is NNc1ncnc(Sc2ncnc3nc[nH]c23)c1[N+](=O)[O-]. The molecule has 0 saturated heterocycles. The quantitative estimate of drug-likeness (QED) is 0.267. The number of nitrogens with one attached hydrogen (secondary N) is 2. The molecule has 0 aliphatic rings. The molecular weight excluding hydrogens is 298 g/mol. The standard InChI is InChI=1S/C9H7N9O2S/c10-17-7-5(18(19)20)9(16-3-14-7)21-8-4-6(12-1-11-4)13-2-15-8/h1-3H,10H2,(H,14,16,17)(H,11,12,13,15). The van der Waals surface area contributed by atoms with E-state index < -0.39 is 4.92 Å². The van der Waals surface area contributed by atoms with Crippen molar-refractivity contribution in [2.75, 3.05) is 5.43 Å². The van der Waals surface area contributed by atoms with Crippen LogP contribution in [0.2, 0.25) is 0 Å². The number of rotatable bonds is 4. The van der Waals surface area contributed by atoms with Crippen LogP contribution in [0.4, 0.5) is 11.5 Å². The van der Waals surface area contributed by atoms with E-state index in [2.05, 4.69) is 35.3 Å². The summed E-state index contributed by atoms with van der Waals surface area (Å²) in [5, 5.41) is 11.7. The molecule has 3 aromatic heterocycles. The second-order valence-electron chi connectivity index (χ2n) is 3.66. The maximum atomic E-state index is 11.2. The van der Waals surface area contributed by atoms with Crippen molar-refractivity contribution in [3.63, 3.8) is 0 Å². The number of nitrogens with zero attached hydrogens (tertiary/aromatic N) is 6. The van der Waals surface area contributed by atoms with Gasteiger partial charge in [0.05, 0.1) is 11.3 Å². The number of nitrogens with two attached hydrogens (primary N) is 1. The van der Waals surface area contributed by atoms with Crippen molar-refractivity contribution in [3.05, 3.63) is 29.1 Å². The molecule has 0 unspecified atom stereocenters. The largest absolute Gasteiger partial charge is 0.344 e. The van der Waals surface area contributed by atoms with Gasteiger partial charge in [-0.15, -0.1) is 0 Å². The number of hydrogen-bond acceptors (Lipinski definition) is 10. The van der Waals surface area contributed by atoms with E-state index in [0.717, 1.165) is 11.8 Å². The summed E-state index contributed by atoms with van der Waals surface area (Å²) in [6, 6.07) is 0. The zero-order chi connectivity index (χ0) is 14.8. The fourth-order valence-electron chi connectivity index (χ4n) is 1.62. The number of fused-ring (bicyclic) bond motifs is 1. The van der Waals surface area contributed by atoms with Crippen molar-refractivity contribution in [2.24, 2.45) is 5.84 Å². The highest BCUT2D eigenvalue weighted by Crippen LogP contribution is 2.36. The molecular formula is C9H7N9O2S. The lowest BCUT2D eigenvalue weighted by Gasteiger charge is -2.04. The molecule has 106 valence electrons. The minimum atomic E-state index is -0.608. The normalized spacial score (nSPS) is 10.7. The van der Waals surface area contributed by atoms with Gasteiger partial charge in [-0.3, -0.25) is 10.1 Å². The number of imidazole rings is 1. The van der Waals surface area contributed by atoms with Crippen molar-refractivity contribution in [1.82, 2.24) is 29.9 Å². The fourth-order valence-corrected chi connectivity index (χ4v) is 2.52. The third kappa shape index (κ3) is 2.32. The van der Waals surface area contributed by atoms with E-state index in [0.29, 0.717) is 16.2 Å². The smallest absolute Gasteiger partial charge is 0.341 e. The molecule has 12 heteroatoms. The van der Waals surface area contributed by atoms with Gasteiger partial charge in [-0.25, -0.2) is 30.8 Å². The number of hydrazine groups is 1. The number of aromatic amines is 1. The molecule has 0 spiro atoms. The van der Waals surface area contributed by atoms with Crippen LogP contribution in [-0.4, -0.2) is 34.8 Å². The van der Waals surface area contributed by atoms with Crippen molar-refractivity contribution in [3.8, 4) is 0 Å². The summed E-state index contributed by atoms with van der Waals surface area (Å²) in [6.07, 6.45) is 3.96. The van der Waals surface area contributed by atoms with Crippen molar-refractivity contribution in [2.45, 2.75) is 10.1 Å². The Morgan fingerprint density at radius 2 is 1.95 bits per heavy atom. The van der Waals surface area contributed by atoms with Gasteiger partial charge >= 0.3 is 5.69 Å². The average molecular weight is 305 g/mol. The van der Waals surface area contributed by atoms with Gasteiger partial charge in [0.2, 0.25) is 5.82 Å². The summed E-state index contributed by atoms with van der Waals surface area (Å²) in [5.41, 5.74) is 2.88. The number of aromatic nitrogens is 6. The molecule has 3 rings (SSSR count). The van der Waals surface area contributed by atoms with Crippen LogP contribution in [0.5, 0.6) is 0 Å². The Labute approximate surface area is 120 Å². The third-order valence-corrected chi connectivity index (χ3v) is 3.48. The maximum absolute atomic E-state index is 11.2. The molecule has 0 aliphatic carbocycles. The predicted octanol–water partition coefficient (Wildman–Crippen LogP) is 0.488. The lowest BCUT2D eigenvalue weighted by molar-refractivity contribution is -0.387. The Bertz CT molecular complexity index is 820. The molecule has 0 saturated carbocycles. The zero-order valence-electron chi connectivity index (χ0n) is 10.2. The highest BCUT2D eigenvalue weighted by Gasteiger charge is 2.24. The van der Waals surface area contributed by atoms with Crippen LogP contribution < -0.4 is 11.3 Å². The molecule has 3 aromatic rings. The Balaban J connectivity index is 2.10. The van der Waals surface area contributed by atoms with Gasteiger partial charge in [-0.2, -0.15) is 0 Å². The van der Waals surface area contributed by atoms with Crippen LogP contribution in [0, 0.1) is 10.1 Å². The minimum absolute atomic E-state index is 0.0765. The number of hydrogen-bond donors (Lipinski definition) is 3. The summed E-state index contributed by atoms with van der Waals surface area (Å²) in [6.45, 7) is 0. The predicted molar refractivity (Wildman–Crippen MR) is 72.3 cm³/mol. The van der Waals surface area contributed by atoms with Crippen molar-refractivity contribution in [1.29, 1.82) is 0 Å². The molecule has 0 radical (unpaired) electrons. The molecule has 0 bridgehead atoms. The lowest BCUT2D eigenvalue weighted by atomic mass is 10.5. The van der Waals surface area contributed by atoms with Gasteiger partial charge in [0.25, 0.3) is 0 Å². The monoisotopic (exact) mass is 305 g/mol. The lowest BCUT2D eigenvalue weighted by Crippen LogP contribution is -2.12. The van der Waals surface area contributed by atoms with E-state index in [4.69, 9.17) is 5.84 Å². The molecule has 0 amide bonds. The molecule has 11 nitrogen and oxygen atoms in total. The van der Waals surface area contributed by atoms with E-state index in [1.54, 1.807) is 0 Å². The minimum Gasteiger partial charge on any atom is -0.341 e. The summed E-state index contributed by atoms with van der Waals surface area (Å²) >= 11 is 0.996. The van der Waals surface area contributed by atoms with E-state index in [9.17, 15) is 10.1 Å². The van der Waals surface area contributed by atoms with E-state index in [1.807, 2.05) is 0 Å². The third-order valence-electron chi connectivity index (χ3n) is 2.49. The highest BCUT2D eigenvalue weighted by molar-refractivity contribution is 7.99. The Morgan fingerprint density at radius 3 is 2.71 bits per heavy atom. The average Bonchev–Trinajstić information content (AvgIpc) is 2.96. The zero-order valence-corrected chi connectivity index (χ0v) is 11.0.